The fourth-order valence-electron chi connectivity index (χ4n) is 3.20. The summed E-state index contributed by atoms with van der Waals surface area (Å²) in [4.78, 5) is 9.17. The summed E-state index contributed by atoms with van der Waals surface area (Å²) in [5.41, 5.74) is 2.85. The molecule has 3 rings (SSSR count). The molecule has 0 aliphatic carbocycles. The van der Waals surface area contributed by atoms with E-state index in [0.717, 1.165) is 38.6 Å². The van der Waals surface area contributed by atoms with Crippen molar-refractivity contribution >= 4 is 11.6 Å². The molecule has 0 saturated heterocycles. The van der Waals surface area contributed by atoms with Crippen molar-refractivity contribution in [2.45, 2.75) is 12.8 Å². The Bertz CT molecular complexity index is 497. The predicted molar refractivity (Wildman–Crippen MR) is 84.5 cm³/mol. The van der Waals surface area contributed by atoms with Gasteiger partial charge in [-0.15, -0.1) is 0 Å². The highest BCUT2D eigenvalue weighted by Crippen LogP contribution is 2.27. The molecular formula is C16H24N4. The van der Waals surface area contributed by atoms with E-state index in [1.165, 1.54) is 17.7 Å². The molecule has 108 valence electrons. The van der Waals surface area contributed by atoms with Crippen LogP contribution in [0.2, 0.25) is 0 Å². The average molecular weight is 272 g/mol. The summed E-state index contributed by atoms with van der Waals surface area (Å²) in [5.74, 6) is 1.71. The molecule has 0 saturated carbocycles. The van der Waals surface area contributed by atoms with Crippen LogP contribution in [0.5, 0.6) is 0 Å². The second kappa shape index (κ2) is 5.73. The van der Waals surface area contributed by atoms with Crippen molar-refractivity contribution in [2.24, 2.45) is 10.9 Å². The number of rotatable bonds is 2. The van der Waals surface area contributed by atoms with Gasteiger partial charge in [-0.05, 0) is 30.4 Å². The van der Waals surface area contributed by atoms with Gasteiger partial charge in [0.1, 0.15) is 0 Å². The van der Waals surface area contributed by atoms with Crippen LogP contribution >= 0.6 is 0 Å². The Morgan fingerprint density at radius 2 is 2.10 bits per heavy atom. The van der Waals surface area contributed by atoms with Gasteiger partial charge in [-0.1, -0.05) is 18.2 Å². The van der Waals surface area contributed by atoms with Crippen molar-refractivity contribution in [3.63, 3.8) is 0 Å². The molecule has 1 aromatic carbocycles. The fraction of sp³-hybridized carbons (Fsp3) is 0.562. The number of benzene rings is 1. The molecule has 0 bridgehead atoms. The zero-order chi connectivity index (χ0) is 13.9. The molecule has 0 amide bonds. The third kappa shape index (κ3) is 2.74. The van der Waals surface area contributed by atoms with Crippen LogP contribution in [0, 0.1) is 5.92 Å². The van der Waals surface area contributed by atoms with Gasteiger partial charge < -0.3 is 15.1 Å². The average Bonchev–Trinajstić information content (AvgIpc) is 2.46. The van der Waals surface area contributed by atoms with Gasteiger partial charge in [0, 0.05) is 46.0 Å². The van der Waals surface area contributed by atoms with Crippen LogP contribution in [0.15, 0.2) is 29.3 Å². The molecule has 0 spiro atoms. The molecular weight excluding hydrogens is 248 g/mol. The highest BCUT2D eigenvalue weighted by molar-refractivity contribution is 5.80. The molecule has 1 unspecified atom stereocenters. The third-order valence-electron chi connectivity index (χ3n) is 4.27. The van der Waals surface area contributed by atoms with Crippen LogP contribution in [0.3, 0.4) is 0 Å². The first-order valence-electron chi connectivity index (χ1n) is 7.52. The van der Waals surface area contributed by atoms with Gasteiger partial charge in [0.15, 0.2) is 5.96 Å². The highest BCUT2D eigenvalue weighted by Gasteiger charge is 2.22. The SMILES string of the molecule is CN1CCCN=C1NCC1Cc2ccccc2N(C)C1. The fourth-order valence-corrected chi connectivity index (χ4v) is 3.20. The second-order valence-corrected chi connectivity index (χ2v) is 5.94. The smallest absolute Gasteiger partial charge is 0.193 e. The number of nitrogens with one attached hydrogen (secondary N) is 1. The summed E-state index contributed by atoms with van der Waals surface area (Å²) in [7, 11) is 4.31. The molecule has 4 heteroatoms. The molecule has 1 N–H and O–H groups in total. The molecule has 1 atom stereocenters. The number of nitrogens with zero attached hydrogens (tertiary/aromatic N) is 3. The zero-order valence-corrected chi connectivity index (χ0v) is 12.5. The van der Waals surface area contributed by atoms with Gasteiger partial charge in [-0.25, -0.2) is 0 Å². The minimum Gasteiger partial charge on any atom is -0.374 e. The number of hydrogen-bond acceptors (Lipinski definition) is 4. The van der Waals surface area contributed by atoms with Crippen molar-refractivity contribution < 1.29 is 0 Å². The summed E-state index contributed by atoms with van der Waals surface area (Å²) < 4.78 is 0. The topological polar surface area (TPSA) is 30.9 Å². The van der Waals surface area contributed by atoms with Gasteiger partial charge in [-0.3, -0.25) is 4.99 Å². The standard InChI is InChI=1S/C16H24N4/c1-19-9-5-8-17-16(19)18-11-13-10-14-6-3-4-7-15(14)20(2)12-13/h3-4,6-7,13H,5,8-12H2,1-2H3,(H,17,18). The molecule has 1 aromatic rings. The van der Waals surface area contributed by atoms with Gasteiger partial charge in [0.2, 0.25) is 0 Å². The van der Waals surface area contributed by atoms with Crippen LogP contribution in [0.4, 0.5) is 5.69 Å². The van der Waals surface area contributed by atoms with Gasteiger partial charge in [0.05, 0.1) is 0 Å². The maximum atomic E-state index is 4.58. The molecule has 2 aliphatic heterocycles. The maximum Gasteiger partial charge on any atom is 0.193 e. The van der Waals surface area contributed by atoms with Crippen molar-refractivity contribution in [3.8, 4) is 0 Å². The lowest BCUT2D eigenvalue weighted by Gasteiger charge is -2.34. The van der Waals surface area contributed by atoms with Gasteiger partial charge in [-0.2, -0.15) is 0 Å². The van der Waals surface area contributed by atoms with Crippen LogP contribution in [0.25, 0.3) is 0 Å². The first-order chi connectivity index (χ1) is 9.74. The molecule has 2 heterocycles. The van der Waals surface area contributed by atoms with E-state index in [0.29, 0.717) is 5.92 Å². The summed E-state index contributed by atoms with van der Waals surface area (Å²) in [6, 6.07) is 8.74. The van der Waals surface area contributed by atoms with Crippen molar-refractivity contribution in [2.75, 3.05) is 45.2 Å². The highest BCUT2D eigenvalue weighted by atomic mass is 15.3. The Morgan fingerprint density at radius 3 is 2.95 bits per heavy atom. The maximum absolute atomic E-state index is 4.58. The lowest BCUT2D eigenvalue weighted by Crippen LogP contribution is -2.46. The molecule has 20 heavy (non-hydrogen) atoms. The lowest BCUT2D eigenvalue weighted by atomic mass is 9.93. The molecule has 0 aromatic heterocycles. The Labute approximate surface area is 121 Å². The number of fused-ring (bicyclic) bond motifs is 1. The van der Waals surface area contributed by atoms with Gasteiger partial charge in [0.25, 0.3) is 0 Å². The number of anilines is 1. The minimum atomic E-state index is 0.646. The largest absolute Gasteiger partial charge is 0.374 e. The minimum absolute atomic E-state index is 0.646. The van der Waals surface area contributed by atoms with Crippen LogP contribution in [-0.2, 0) is 6.42 Å². The quantitative estimate of drug-likeness (QED) is 0.887. The first-order valence-corrected chi connectivity index (χ1v) is 7.52. The predicted octanol–water partition coefficient (Wildman–Crippen LogP) is 1.58. The Hall–Kier alpha value is -1.71. The molecule has 4 nitrogen and oxygen atoms in total. The summed E-state index contributed by atoms with van der Waals surface area (Å²) in [6.45, 7) is 4.18. The Kier molecular flexibility index (Phi) is 3.81. The van der Waals surface area contributed by atoms with E-state index in [-0.39, 0.29) is 0 Å². The van der Waals surface area contributed by atoms with Crippen LogP contribution in [-0.4, -0.2) is 51.1 Å². The van der Waals surface area contributed by atoms with E-state index in [4.69, 9.17) is 0 Å². The summed E-state index contributed by atoms with van der Waals surface area (Å²) in [5, 5.41) is 3.54. The van der Waals surface area contributed by atoms with E-state index in [1.54, 1.807) is 0 Å². The summed E-state index contributed by atoms with van der Waals surface area (Å²) in [6.07, 6.45) is 2.33. The van der Waals surface area contributed by atoms with E-state index in [1.807, 2.05) is 0 Å². The molecule has 0 radical (unpaired) electrons. The van der Waals surface area contributed by atoms with E-state index in [2.05, 4.69) is 58.5 Å². The van der Waals surface area contributed by atoms with E-state index in [9.17, 15) is 0 Å². The number of para-hydroxylation sites is 1. The molecule has 0 fully saturated rings. The van der Waals surface area contributed by atoms with Crippen LogP contribution < -0.4 is 10.2 Å². The van der Waals surface area contributed by atoms with Crippen molar-refractivity contribution in [1.82, 2.24) is 10.2 Å². The van der Waals surface area contributed by atoms with Crippen molar-refractivity contribution in [1.29, 1.82) is 0 Å². The third-order valence-corrected chi connectivity index (χ3v) is 4.27. The van der Waals surface area contributed by atoms with Crippen molar-refractivity contribution in [3.05, 3.63) is 29.8 Å². The number of hydrogen-bond donors (Lipinski definition) is 1. The Balaban J connectivity index is 1.61. The normalized spacial score (nSPS) is 22.3. The first kappa shape index (κ1) is 13.3. The molecule has 2 aliphatic rings. The Morgan fingerprint density at radius 1 is 1.25 bits per heavy atom. The second-order valence-electron chi connectivity index (χ2n) is 5.94. The summed E-state index contributed by atoms with van der Waals surface area (Å²) >= 11 is 0. The van der Waals surface area contributed by atoms with Gasteiger partial charge >= 0.3 is 0 Å². The number of guanidine groups is 1. The van der Waals surface area contributed by atoms with E-state index < -0.39 is 0 Å². The zero-order valence-electron chi connectivity index (χ0n) is 12.5. The van der Waals surface area contributed by atoms with Crippen LogP contribution in [0.1, 0.15) is 12.0 Å². The van der Waals surface area contributed by atoms with E-state index >= 15 is 0 Å². The number of aliphatic imine (C=N–C) groups is 1. The lowest BCUT2D eigenvalue weighted by molar-refractivity contribution is 0.426. The monoisotopic (exact) mass is 272 g/mol.